The highest BCUT2D eigenvalue weighted by Gasteiger charge is 2.22. The molecule has 10 rings (SSSR count). The van der Waals surface area contributed by atoms with Crippen LogP contribution >= 0.6 is 0 Å². The van der Waals surface area contributed by atoms with Gasteiger partial charge in [-0.1, -0.05) is 109 Å². The Kier molecular flexibility index (Phi) is 6.39. The van der Waals surface area contributed by atoms with E-state index in [-0.39, 0.29) is 0 Å². The summed E-state index contributed by atoms with van der Waals surface area (Å²) in [7, 11) is 0. The predicted octanol–water partition coefficient (Wildman–Crippen LogP) is 10.9. The van der Waals surface area contributed by atoms with Crippen LogP contribution in [0.5, 0.6) is 0 Å². The maximum absolute atomic E-state index is 6.97. The number of fused-ring (bicyclic) bond motifs is 7. The molecule has 4 heterocycles. The number of benzene rings is 6. The van der Waals surface area contributed by atoms with E-state index < -0.39 is 0 Å². The van der Waals surface area contributed by atoms with Crippen molar-refractivity contribution >= 4 is 43.7 Å². The zero-order chi connectivity index (χ0) is 33.0. The first kappa shape index (κ1) is 28.1. The van der Waals surface area contributed by atoms with Crippen LogP contribution in [0.2, 0.25) is 0 Å². The monoisotopic (exact) mass is 641 g/mol. The van der Waals surface area contributed by atoms with Crippen LogP contribution in [0.25, 0.3) is 94.9 Å². The standard InChI is InChI=1S/C44H27N5O/c1-3-13-28(14-4-1)29-15-11-16-30(27-29)42-46-43(48-44(47-42)37-22-9-10-26-45-37)36-21-12-20-34-35-25-24-33-32-19-7-8-23-38(32)49(31-17-5-2-6-18-31)39(33)41(35)50-40(34)36/h1-27H. The molecule has 0 N–H and O–H groups in total. The lowest BCUT2D eigenvalue weighted by Gasteiger charge is -2.09. The number of furan rings is 1. The Morgan fingerprint density at radius 2 is 1.10 bits per heavy atom. The highest BCUT2D eigenvalue weighted by molar-refractivity contribution is 6.22. The molecular formula is C44H27N5O. The summed E-state index contributed by atoms with van der Waals surface area (Å²) in [6.07, 6.45) is 1.76. The van der Waals surface area contributed by atoms with Gasteiger partial charge >= 0.3 is 0 Å². The topological polar surface area (TPSA) is 69.6 Å². The summed E-state index contributed by atoms with van der Waals surface area (Å²) in [6.45, 7) is 0. The highest BCUT2D eigenvalue weighted by atomic mass is 16.3. The molecule has 0 amide bonds. The first-order valence-corrected chi connectivity index (χ1v) is 16.6. The zero-order valence-corrected chi connectivity index (χ0v) is 26.7. The second kappa shape index (κ2) is 11.4. The quantitative estimate of drug-likeness (QED) is 0.187. The fourth-order valence-corrected chi connectivity index (χ4v) is 7.03. The van der Waals surface area contributed by atoms with Crippen molar-refractivity contribution in [1.82, 2.24) is 24.5 Å². The van der Waals surface area contributed by atoms with Gasteiger partial charge in [-0.3, -0.25) is 4.98 Å². The third kappa shape index (κ3) is 4.50. The van der Waals surface area contributed by atoms with E-state index in [2.05, 4.69) is 101 Å². The summed E-state index contributed by atoms with van der Waals surface area (Å²) in [5, 5.41) is 4.34. The Balaban J connectivity index is 1.23. The van der Waals surface area contributed by atoms with E-state index in [1.54, 1.807) is 6.20 Å². The summed E-state index contributed by atoms with van der Waals surface area (Å²) in [5.74, 6) is 1.58. The molecule has 0 radical (unpaired) electrons. The number of para-hydroxylation sites is 3. The largest absolute Gasteiger partial charge is 0.453 e. The molecule has 6 aromatic carbocycles. The van der Waals surface area contributed by atoms with Crippen molar-refractivity contribution in [3.63, 3.8) is 0 Å². The first-order valence-electron chi connectivity index (χ1n) is 16.6. The zero-order valence-electron chi connectivity index (χ0n) is 26.7. The SMILES string of the molecule is c1ccc(-c2cccc(-c3nc(-c4ccccn4)nc(-c4cccc5c4oc4c5ccc5c6ccccc6n(-c6ccccc6)c54)n3)c2)cc1. The van der Waals surface area contributed by atoms with Gasteiger partial charge in [-0.25, -0.2) is 15.0 Å². The first-order chi connectivity index (χ1) is 24.8. The second-order valence-electron chi connectivity index (χ2n) is 12.3. The van der Waals surface area contributed by atoms with Gasteiger partial charge in [-0.15, -0.1) is 0 Å². The molecule has 0 bridgehead atoms. The third-order valence-corrected chi connectivity index (χ3v) is 9.31. The van der Waals surface area contributed by atoms with Crippen molar-refractivity contribution in [2.24, 2.45) is 0 Å². The lowest BCUT2D eigenvalue weighted by atomic mass is 10.0. The van der Waals surface area contributed by atoms with Crippen LogP contribution in [0.3, 0.4) is 0 Å². The Morgan fingerprint density at radius 3 is 1.96 bits per heavy atom. The van der Waals surface area contributed by atoms with Gasteiger partial charge in [0.25, 0.3) is 0 Å². The maximum Gasteiger partial charge on any atom is 0.182 e. The molecule has 6 nitrogen and oxygen atoms in total. The molecule has 0 unspecified atom stereocenters. The molecule has 10 aromatic rings. The van der Waals surface area contributed by atoms with E-state index in [1.165, 1.54) is 5.39 Å². The molecule has 0 atom stereocenters. The van der Waals surface area contributed by atoms with Crippen LogP contribution in [-0.2, 0) is 0 Å². The van der Waals surface area contributed by atoms with Crippen molar-refractivity contribution in [2.75, 3.05) is 0 Å². The van der Waals surface area contributed by atoms with E-state index in [0.717, 1.165) is 66.3 Å². The van der Waals surface area contributed by atoms with Crippen LogP contribution < -0.4 is 0 Å². The molecule has 50 heavy (non-hydrogen) atoms. The molecule has 0 saturated carbocycles. The number of rotatable bonds is 5. The van der Waals surface area contributed by atoms with Gasteiger partial charge in [-0.05, 0) is 59.7 Å². The Bertz CT molecular complexity index is 2860. The van der Waals surface area contributed by atoms with Crippen molar-refractivity contribution < 1.29 is 4.42 Å². The van der Waals surface area contributed by atoms with E-state index in [1.807, 2.05) is 66.7 Å². The summed E-state index contributed by atoms with van der Waals surface area (Å²) in [4.78, 5) is 19.7. The lowest BCUT2D eigenvalue weighted by Crippen LogP contribution is -2.01. The van der Waals surface area contributed by atoms with Crippen molar-refractivity contribution in [3.05, 3.63) is 164 Å². The Labute approximate surface area is 287 Å². The average molecular weight is 642 g/mol. The minimum Gasteiger partial charge on any atom is -0.453 e. The molecule has 0 aliphatic carbocycles. The summed E-state index contributed by atoms with van der Waals surface area (Å²) >= 11 is 0. The van der Waals surface area contributed by atoms with Crippen LogP contribution in [0, 0.1) is 0 Å². The summed E-state index contributed by atoms with van der Waals surface area (Å²) < 4.78 is 9.27. The molecule has 0 saturated heterocycles. The van der Waals surface area contributed by atoms with Gasteiger partial charge in [-0.2, -0.15) is 0 Å². The van der Waals surface area contributed by atoms with Gasteiger partial charge in [0.1, 0.15) is 11.3 Å². The molecule has 6 heteroatoms. The number of hydrogen-bond acceptors (Lipinski definition) is 5. The molecule has 4 aromatic heterocycles. The minimum absolute atomic E-state index is 0.496. The van der Waals surface area contributed by atoms with E-state index in [0.29, 0.717) is 23.2 Å². The van der Waals surface area contributed by atoms with Gasteiger partial charge in [0.15, 0.2) is 23.1 Å². The summed E-state index contributed by atoms with van der Waals surface area (Å²) in [5.41, 5.74) is 9.33. The second-order valence-corrected chi connectivity index (χ2v) is 12.3. The van der Waals surface area contributed by atoms with Gasteiger partial charge in [0.2, 0.25) is 0 Å². The summed E-state index contributed by atoms with van der Waals surface area (Å²) in [6, 6.07) is 53.9. The number of aromatic nitrogens is 5. The van der Waals surface area contributed by atoms with Crippen LogP contribution in [0.4, 0.5) is 0 Å². The van der Waals surface area contributed by atoms with Crippen molar-refractivity contribution in [2.45, 2.75) is 0 Å². The number of pyridine rings is 1. The van der Waals surface area contributed by atoms with E-state index in [4.69, 9.17) is 19.4 Å². The van der Waals surface area contributed by atoms with Crippen molar-refractivity contribution in [1.29, 1.82) is 0 Å². The van der Waals surface area contributed by atoms with Crippen LogP contribution in [0.1, 0.15) is 0 Å². The number of nitrogens with zero attached hydrogens (tertiary/aromatic N) is 5. The van der Waals surface area contributed by atoms with E-state index >= 15 is 0 Å². The predicted molar refractivity (Wildman–Crippen MR) is 201 cm³/mol. The van der Waals surface area contributed by atoms with Gasteiger partial charge in [0, 0.05) is 39.0 Å². The van der Waals surface area contributed by atoms with Gasteiger partial charge in [0.05, 0.1) is 16.6 Å². The minimum atomic E-state index is 0.496. The lowest BCUT2D eigenvalue weighted by molar-refractivity contribution is 0.671. The number of hydrogen-bond donors (Lipinski definition) is 0. The maximum atomic E-state index is 6.97. The molecule has 234 valence electrons. The Hall–Kier alpha value is -6.92. The molecule has 0 spiro atoms. The Morgan fingerprint density at radius 1 is 0.440 bits per heavy atom. The average Bonchev–Trinajstić information content (AvgIpc) is 3.75. The third-order valence-electron chi connectivity index (χ3n) is 9.31. The molecule has 0 fully saturated rings. The molecule has 0 aliphatic rings. The fraction of sp³-hybridized carbons (Fsp3) is 0. The normalized spacial score (nSPS) is 11.6. The molecular weight excluding hydrogens is 615 g/mol. The van der Waals surface area contributed by atoms with Gasteiger partial charge < -0.3 is 8.98 Å². The molecule has 0 aliphatic heterocycles. The fourth-order valence-electron chi connectivity index (χ4n) is 7.03. The van der Waals surface area contributed by atoms with Crippen LogP contribution in [0.15, 0.2) is 168 Å². The van der Waals surface area contributed by atoms with Crippen molar-refractivity contribution in [3.8, 4) is 51.1 Å². The highest BCUT2D eigenvalue weighted by Crippen LogP contribution is 2.42. The van der Waals surface area contributed by atoms with Crippen LogP contribution in [-0.4, -0.2) is 24.5 Å². The smallest absolute Gasteiger partial charge is 0.182 e. The van der Waals surface area contributed by atoms with E-state index in [9.17, 15) is 0 Å².